The van der Waals surface area contributed by atoms with Crippen molar-refractivity contribution in [3.8, 4) is 0 Å². The highest BCUT2D eigenvalue weighted by molar-refractivity contribution is 6.53. The van der Waals surface area contributed by atoms with Crippen LogP contribution in [-0.4, -0.2) is 24.4 Å². The molecule has 1 aliphatic heterocycles. The molecule has 0 unspecified atom stereocenters. The predicted molar refractivity (Wildman–Crippen MR) is 112 cm³/mol. The van der Waals surface area contributed by atoms with E-state index in [9.17, 15) is 27.6 Å². The van der Waals surface area contributed by atoms with E-state index in [1.807, 2.05) is 6.92 Å². The van der Waals surface area contributed by atoms with Crippen molar-refractivity contribution in [1.82, 2.24) is 0 Å². The van der Waals surface area contributed by atoms with Gasteiger partial charge in [0.1, 0.15) is 10.7 Å². The number of para-hydroxylation sites is 1. The zero-order valence-corrected chi connectivity index (χ0v) is 17.6. The number of alkyl halides is 3. The summed E-state index contributed by atoms with van der Waals surface area (Å²) in [5.74, 6) is -2.55. The van der Waals surface area contributed by atoms with Crippen LogP contribution in [-0.2, 0) is 20.5 Å². The molecule has 1 N–H and O–H groups in total. The van der Waals surface area contributed by atoms with Gasteiger partial charge in [-0.2, -0.15) is 13.2 Å². The maximum Gasteiger partial charge on any atom is 0.416 e. The van der Waals surface area contributed by atoms with Crippen LogP contribution in [0.5, 0.6) is 0 Å². The molecule has 0 spiro atoms. The standard InChI is InChI=1S/C22H18ClF3N2O4/c1-2-3-11-32-21(31)15-9-4-5-10-16(15)28-19(29)17(23)18(20(28)30)27-14-8-6-7-13(12-14)22(24,25)26/h4-10,12,27H,2-3,11H2,1H3. The quantitative estimate of drug-likeness (QED) is 0.349. The molecule has 0 aliphatic carbocycles. The molecular weight excluding hydrogens is 449 g/mol. The van der Waals surface area contributed by atoms with Gasteiger partial charge in [-0.25, -0.2) is 9.69 Å². The molecule has 1 heterocycles. The van der Waals surface area contributed by atoms with Gasteiger partial charge in [0, 0.05) is 5.69 Å². The molecule has 3 rings (SSSR count). The van der Waals surface area contributed by atoms with Crippen LogP contribution in [0.4, 0.5) is 24.5 Å². The van der Waals surface area contributed by atoms with Crippen LogP contribution in [0.2, 0.25) is 0 Å². The number of hydrogen-bond donors (Lipinski definition) is 1. The highest BCUT2D eigenvalue weighted by Crippen LogP contribution is 2.34. The molecule has 0 fully saturated rings. The minimum absolute atomic E-state index is 0.0184. The lowest BCUT2D eigenvalue weighted by atomic mass is 10.1. The molecule has 0 atom stereocenters. The Balaban J connectivity index is 1.89. The number of benzene rings is 2. The van der Waals surface area contributed by atoms with Gasteiger partial charge in [-0.15, -0.1) is 0 Å². The van der Waals surface area contributed by atoms with Crippen LogP contribution in [0.1, 0.15) is 35.7 Å². The van der Waals surface area contributed by atoms with E-state index in [1.165, 1.54) is 24.3 Å². The number of carbonyl (C=O) groups is 3. The number of unbranched alkanes of at least 4 members (excludes halogenated alkanes) is 1. The Morgan fingerprint density at radius 2 is 1.81 bits per heavy atom. The molecule has 1 aliphatic rings. The van der Waals surface area contributed by atoms with Gasteiger partial charge in [0.05, 0.1) is 23.4 Å². The third kappa shape index (κ3) is 4.77. The zero-order chi connectivity index (χ0) is 23.5. The molecule has 2 amide bonds. The van der Waals surface area contributed by atoms with Gasteiger partial charge in [-0.1, -0.05) is 43.1 Å². The van der Waals surface area contributed by atoms with Crippen LogP contribution < -0.4 is 10.2 Å². The molecule has 0 radical (unpaired) electrons. The molecule has 32 heavy (non-hydrogen) atoms. The summed E-state index contributed by atoms with van der Waals surface area (Å²) in [5.41, 5.74) is -1.47. The van der Waals surface area contributed by atoms with E-state index in [4.69, 9.17) is 16.3 Å². The second-order valence-corrected chi connectivity index (χ2v) is 7.22. The monoisotopic (exact) mass is 466 g/mol. The molecule has 0 saturated heterocycles. The second-order valence-electron chi connectivity index (χ2n) is 6.84. The van der Waals surface area contributed by atoms with Crippen LogP contribution in [0.25, 0.3) is 0 Å². The minimum atomic E-state index is -4.59. The lowest BCUT2D eigenvalue weighted by Crippen LogP contribution is -2.33. The lowest BCUT2D eigenvalue weighted by molar-refractivity contribution is -0.137. The van der Waals surface area contributed by atoms with Crippen molar-refractivity contribution in [3.63, 3.8) is 0 Å². The molecule has 2 aromatic rings. The number of nitrogens with one attached hydrogen (secondary N) is 1. The summed E-state index contributed by atoms with van der Waals surface area (Å²) in [7, 11) is 0. The number of ether oxygens (including phenoxy) is 1. The van der Waals surface area contributed by atoms with E-state index in [1.54, 1.807) is 6.07 Å². The number of nitrogens with zero attached hydrogens (tertiary/aromatic N) is 1. The number of esters is 1. The molecular formula is C22H18ClF3N2O4. The Labute approximate surface area is 186 Å². The third-order valence-electron chi connectivity index (χ3n) is 4.58. The Morgan fingerprint density at radius 1 is 1.09 bits per heavy atom. The fraction of sp³-hybridized carbons (Fsp3) is 0.227. The summed E-state index contributed by atoms with van der Waals surface area (Å²) >= 11 is 6.05. The van der Waals surface area contributed by atoms with Gasteiger partial charge in [-0.3, -0.25) is 9.59 Å². The first-order valence-corrected chi connectivity index (χ1v) is 10.0. The topological polar surface area (TPSA) is 75.7 Å². The fourth-order valence-electron chi connectivity index (χ4n) is 2.98. The van der Waals surface area contributed by atoms with Gasteiger partial charge >= 0.3 is 12.1 Å². The van der Waals surface area contributed by atoms with E-state index in [-0.39, 0.29) is 23.5 Å². The first kappa shape index (κ1) is 23.3. The van der Waals surface area contributed by atoms with E-state index in [0.29, 0.717) is 11.3 Å². The maximum absolute atomic E-state index is 13.0. The van der Waals surface area contributed by atoms with Crippen molar-refractivity contribution in [3.05, 3.63) is 70.4 Å². The molecule has 6 nitrogen and oxygen atoms in total. The lowest BCUT2D eigenvalue weighted by Gasteiger charge is -2.18. The fourth-order valence-corrected chi connectivity index (χ4v) is 3.19. The summed E-state index contributed by atoms with van der Waals surface area (Å²) in [6, 6.07) is 9.95. The Kier molecular flexibility index (Phi) is 6.88. The molecule has 0 saturated carbocycles. The SMILES string of the molecule is CCCCOC(=O)c1ccccc1N1C(=O)C(Cl)=C(Nc2cccc(C(F)(F)F)c2)C1=O. The van der Waals surface area contributed by atoms with Gasteiger partial charge in [0.15, 0.2) is 0 Å². The molecule has 0 aromatic heterocycles. The number of amides is 2. The van der Waals surface area contributed by atoms with Crippen molar-refractivity contribution in [2.45, 2.75) is 25.9 Å². The maximum atomic E-state index is 13.0. The van der Waals surface area contributed by atoms with Crippen molar-refractivity contribution < 1.29 is 32.3 Å². The number of anilines is 2. The highest BCUT2D eigenvalue weighted by Gasteiger charge is 2.41. The van der Waals surface area contributed by atoms with Crippen molar-refractivity contribution in [2.24, 2.45) is 0 Å². The highest BCUT2D eigenvalue weighted by atomic mass is 35.5. The molecule has 168 valence electrons. The first-order valence-electron chi connectivity index (χ1n) is 9.64. The minimum Gasteiger partial charge on any atom is -0.462 e. The van der Waals surface area contributed by atoms with Gasteiger partial charge in [0.2, 0.25) is 0 Å². The number of rotatable bonds is 7. The molecule has 2 aromatic carbocycles. The molecule has 10 heteroatoms. The van der Waals surface area contributed by atoms with Crippen LogP contribution >= 0.6 is 11.6 Å². The van der Waals surface area contributed by atoms with Crippen LogP contribution in [0.3, 0.4) is 0 Å². The number of halogens is 4. The van der Waals surface area contributed by atoms with Crippen LogP contribution in [0, 0.1) is 0 Å². The summed E-state index contributed by atoms with van der Waals surface area (Å²) in [6.07, 6.45) is -3.13. The average molecular weight is 467 g/mol. The Morgan fingerprint density at radius 3 is 2.50 bits per heavy atom. The van der Waals surface area contributed by atoms with Gasteiger partial charge in [0.25, 0.3) is 11.8 Å². The zero-order valence-electron chi connectivity index (χ0n) is 16.8. The van der Waals surface area contributed by atoms with Gasteiger partial charge in [-0.05, 0) is 36.8 Å². The predicted octanol–water partition coefficient (Wildman–Crippen LogP) is 5.10. The number of carbonyl (C=O) groups excluding carboxylic acids is 3. The summed E-state index contributed by atoms with van der Waals surface area (Å²) in [5, 5.41) is 1.98. The van der Waals surface area contributed by atoms with Crippen molar-refractivity contribution in [2.75, 3.05) is 16.8 Å². The Hall–Kier alpha value is -3.33. The first-order chi connectivity index (χ1) is 15.1. The van der Waals surface area contributed by atoms with E-state index >= 15 is 0 Å². The van der Waals surface area contributed by atoms with Crippen molar-refractivity contribution in [1.29, 1.82) is 0 Å². The third-order valence-corrected chi connectivity index (χ3v) is 4.93. The van der Waals surface area contributed by atoms with E-state index in [2.05, 4.69) is 5.32 Å². The Bertz CT molecular complexity index is 1100. The largest absolute Gasteiger partial charge is 0.462 e. The summed E-state index contributed by atoms with van der Waals surface area (Å²) in [6.45, 7) is 2.10. The normalized spacial score (nSPS) is 14.2. The molecule has 0 bridgehead atoms. The van der Waals surface area contributed by atoms with E-state index < -0.39 is 40.3 Å². The smallest absolute Gasteiger partial charge is 0.416 e. The average Bonchev–Trinajstić information content (AvgIpc) is 2.96. The van der Waals surface area contributed by atoms with Crippen LogP contribution in [0.15, 0.2) is 59.3 Å². The van der Waals surface area contributed by atoms with Gasteiger partial charge < -0.3 is 10.1 Å². The number of imide groups is 1. The number of hydrogen-bond acceptors (Lipinski definition) is 5. The summed E-state index contributed by atoms with van der Waals surface area (Å²) in [4.78, 5) is 38.8. The van der Waals surface area contributed by atoms with E-state index in [0.717, 1.165) is 24.6 Å². The second kappa shape index (κ2) is 9.44. The van der Waals surface area contributed by atoms with Crippen molar-refractivity contribution >= 4 is 40.8 Å². The summed E-state index contributed by atoms with van der Waals surface area (Å²) < 4.78 is 44.1.